The number of hydrogen-bond donors (Lipinski definition) is 1. The van der Waals surface area contributed by atoms with Gasteiger partial charge in [0.25, 0.3) is 5.91 Å². The summed E-state index contributed by atoms with van der Waals surface area (Å²) < 4.78 is 40.0. The molecular weight excluding hydrogens is 393 g/mol. The molecule has 152 valence electrons. The average molecular weight is 410 g/mol. The third-order valence-electron chi connectivity index (χ3n) is 4.98. The Morgan fingerprint density at radius 2 is 1.40 bits per heavy atom. The van der Waals surface area contributed by atoms with Gasteiger partial charge in [0.2, 0.25) is 0 Å². The van der Waals surface area contributed by atoms with Crippen LogP contribution >= 0.6 is 0 Å². The van der Waals surface area contributed by atoms with Gasteiger partial charge in [-0.25, -0.2) is 0 Å². The number of halogens is 3. The first kappa shape index (κ1) is 19.8. The number of hydrazone groups is 1. The Hall–Kier alpha value is -3.45. The molecule has 0 fully saturated rings. The number of alkyl halides is 3. The lowest BCUT2D eigenvalue weighted by Gasteiger charge is -2.31. The van der Waals surface area contributed by atoms with Gasteiger partial charge in [-0.1, -0.05) is 72.8 Å². The molecule has 1 heterocycles. The minimum atomic E-state index is -4.76. The summed E-state index contributed by atoms with van der Waals surface area (Å²) in [5.41, 5.74) is -1.36. The molecular formula is C23H17F3N2O2. The molecule has 7 heteroatoms. The van der Waals surface area contributed by atoms with Crippen molar-refractivity contribution in [2.24, 2.45) is 5.10 Å². The van der Waals surface area contributed by atoms with Gasteiger partial charge >= 0.3 is 6.18 Å². The van der Waals surface area contributed by atoms with Crippen molar-refractivity contribution in [2.75, 3.05) is 0 Å². The first-order valence-electron chi connectivity index (χ1n) is 9.22. The zero-order valence-electron chi connectivity index (χ0n) is 15.7. The van der Waals surface area contributed by atoms with Gasteiger partial charge in [-0.05, 0) is 23.3 Å². The molecule has 1 atom stereocenters. The minimum Gasteiger partial charge on any atom is -0.365 e. The Bertz CT molecular complexity index is 1080. The van der Waals surface area contributed by atoms with Gasteiger partial charge in [0.05, 0.1) is 6.42 Å². The summed E-state index contributed by atoms with van der Waals surface area (Å²) in [5.74, 6) is -0.819. The number of carbonyl (C=O) groups excluding carboxylic acids is 1. The fraction of sp³-hybridized carbons (Fsp3) is 0.130. The van der Waals surface area contributed by atoms with E-state index in [2.05, 4.69) is 5.10 Å². The summed E-state index contributed by atoms with van der Waals surface area (Å²) in [7, 11) is 0. The Morgan fingerprint density at radius 3 is 1.97 bits per heavy atom. The molecule has 4 nitrogen and oxygen atoms in total. The van der Waals surface area contributed by atoms with Crippen molar-refractivity contribution in [1.29, 1.82) is 0 Å². The quantitative estimate of drug-likeness (QED) is 0.663. The topological polar surface area (TPSA) is 52.9 Å². The molecule has 0 spiro atoms. The maximum absolute atomic E-state index is 13.3. The van der Waals surface area contributed by atoms with Crippen LogP contribution in [-0.4, -0.2) is 27.9 Å². The van der Waals surface area contributed by atoms with Crippen LogP contribution in [0.5, 0.6) is 0 Å². The lowest BCUT2D eigenvalue weighted by atomic mass is 9.96. The third kappa shape index (κ3) is 3.59. The maximum atomic E-state index is 13.3. The van der Waals surface area contributed by atoms with E-state index in [0.29, 0.717) is 5.01 Å². The fourth-order valence-corrected chi connectivity index (χ4v) is 3.41. The van der Waals surface area contributed by atoms with Crippen molar-refractivity contribution < 1.29 is 23.1 Å². The highest BCUT2D eigenvalue weighted by Gasteiger charge is 2.53. The van der Waals surface area contributed by atoms with Gasteiger partial charge in [-0.2, -0.15) is 23.3 Å². The number of carbonyl (C=O) groups is 1. The molecule has 0 radical (unpaired) electrons. The van der Waals surface area contributed by atoms with Crippen LogP contribution in [0.15, 0.2) is 90.0 Å². The molecule has 4 rings (SSSR count). The molecule has 0 bridgehead atoms. The molecule has 0 aliphatic carbocycles. The molecule has 0 aromatic heterocycles. The van der Waals surface area contributed by atoms with E-state index < -0.39 is 29.9 Å². The molecule has 1 aliphatic rings. The molecule has 1 amide bonds. The number of nitrogens with zero attached hydrogens (tertiary/aromatic N) is 2. The highest BCUT2D eigenvalue weighted by Crippen LogP contribution is 2.40. The van der Waals surface area contributed by atoms with E-state index in [-0.39, 0.29) is 11.1 Å². The van der Waals surface area contributed by atoms with E-state index in [0.717, 1.165) is 11.1 Å². The molecule has 0 saturated heterocycles. The minimum absolute atomic E-state index is 0.121. The monoisotopic (exact) mass is 410 g/mol. The molecule has 0 unspecified atom stereocenters. The number of rotatable bonds is 3. The Morgan fingerprint density at radius 1 is 0.867 bits per heavy atom. The zero-order valence-corrected chi connectivity index (χ0v) is 15.7. The van der Waals surface area contributed by atoms with Crippen molar-refractivity contribution in [3.63, 3.8) is 0 Å². The van der Waals surface area contributed by atoms with Crippen LogP contribution in [0.25, 0.3) is 11.1 Å². The van der Waals surface area contributed by atoms with E-state index in [1.807, 2.05) is 30.3 Å². The normalized spacial score (nSPS) is 18.9. The number of hydrogen-bond acceptors (Lipinski definition) is 3. The van der Waals surface area contributed by atoms with E-state index in [1.165, 1.54) is 24.3 Å². The van der Waals surface area contributed by atoms with Crippen LogP contribution < -0.4 is 0 Å². The van der Waals surface area contributed by atoms with E-state index in [4.69, 9.17) is 0 Å². The standard InChI is InChI=1S/C23H17F3N2O2/c24-23(25,26)20-15-22(30,19-9-5-2-6-10-19)28(27-20)21(29)18-13-11-17(12-14-18)16-7-3-1-4-8-16/h1-14,30H,15H2/t22-/m1/s1. The summed E-state index contributed by atoms with van der Waals surface area (Å²) in [6, 6.07) is 23.6. The Kier molecular flexibility index (Phi) is 4.91. The predicted molar refractivity (Wildman–Crippen MR) is 106 cm³/mol. The maximum Gasteiger partial charge on any atom is 0.431 e. The lowest BCUT2D eigenvalue weighted by molar-refractivity contribution is -0.0816. The Balaban J connectivity index is 1.70. The van der Waals surface area contributed by atoms with Crippen LogP contribution in [0, 0.1) is 0 Å². The number of amides is 1. The Labute approximate surface area is 170 Å². The number of benzene rings is 3. The van der Waals surface area contributed by atoms with Gasteiger partial charge in [-0.3, -0.25) is 4.79 Å². The third-order valence-corrected chi connectivity index (χ3v) is 4.98. The largest absolute Gasteiger partial charge is 0.431 e. The second-order valence-electron chi connectivity index (χ2n) is 6.96. The average Bonchev–Trinajstić information content (AvgIpc) is 3.14. The highest BCUT2D eigenvalue weighted by molar-refractivity contribution is 6.00. The molecule has 1 aliphatic heterocycles. The summed E-state index contributed by atoms with van der Waals surface area (Å²) >= 11 is 0. The lowest BCUT2D eigenvalue weighted by Crippen LogP contribution is -2.43. The summed E-state index contributed by atoms with van der Waals surface area (Å²) in [4.78, 5) is 13.0. The molecule has 1 N–H and O–H groups in total. The second-order valence-corrected chi connectivity index (χ2v) is 6.96. The summed E-state index contributed by atoms with van der Waals surface area (Å²) in [6.45, 7) is 0. The van der Waals surface area contributed by atoms with Gasteiger partial charge in [0, 0.05) is 11.1 Å². The smallest absolute Gasteiger partial charge is 0.365 e. The van der Waals surface area contributed by atoms with Gasteiger partial charge in [0.1, 0.15) is 5.71 Å². The van der Waals surface area contributed by atoms with E-state index in [1.54, 1.807) is 30.3 Å². The SMILES string of the molecule is O=C(c1ccc(-c2ccccc2)cc1)N1N=C(C(F)(F)F)C[C@@]1(O)c1ccccc1. The van der Waals surface area contributed by atoms with Crippen molar-refractivity contribution in [3.05, 3.63) is 96.1 Å². The van der Waals surface area contributed by atoms with Gasteiger partial charge in [0.15, 0.2) is 5.72 Å². The number of aliphatic hydroxyl groups is 1. The molecule has 3 aromatic carbocycles. The van der Waals surface area contributed by atoms with Crippen LogP contribution in [0.4, 0.5) is 13.2 Å². The summed E-state index contributed by atoms with van der Waals surface area (Å²) in [6.07, 6.45) is -5.59. The fourth-order valence-electron chi connectivity index (χ4n) is 3.41. The summed E-state index contributed by atoms with van der Waals surface area (Å²) in [5, 5.41) is 15.1. The predicted octanol–water partition coefficient (Wildman–Crippen LogP) is 4.96. The molecule has 30 heavy (non-hydrogen) atoms. The van der Waals surface area contributed by atoms with Crippen molar-refractivity contribution in [1.82, 2.24) is 5.01 Å². The van der Waals surface area contributed by atoms with Crippen molar-refractivity contribution in [3.8, 4) is 11.1 Å². The van der Waals surface area contributed by atoms with Crippen LogP contribution in [0.2, 0.25) is 0 Å². The second kappa shape index (κ2) is 7.42. The van der Waals surface area contributed by atoms with E-state index >= 15 is 0 Å². The van der Waals surface area contributed by atoms with Crippen molar-refractivity contribution >= 4 is 11.6 Å². The zero-order chi connectivity index (χ0) is 21.4. The van der Waals surface area contributed by atoms with Gasteiger partial charge < -0.3 is 5.11 Å². The van der Waals surface area contributed by atoms with Gasteiger partial charge in [-0.15, -0.1) is 0 Å². The highest BCUT2D eigenvalue weighted by atomic mass is 19.4. The molecule has 0 saturated carbocycles. The van der Waals surface area contributed by atoms with Crippen LogP contribution in [-0.2, 0) is 5.72 Å². The van der Waals surface area contributed by atoms with Crippen molar-refractivity contribution in [2.45, 2.75) is 18.3 Å². The van der Waals surface area contributed by atoms with Crippen LogP contribution in [0.1, 0.15) is 22.3 Å². The first-order chi connectivity index (χ1) is 14.3. The first-order valence-corrected chi connectivity index (χ1v) is 9.22. The van der Waals surface area contributed by atoms with Crippen LogP contribution in [0.3, 0.4) is 0 Å². The van der Waals surface area contributed by atoms with E-state index in [9.17, 15) is 23.1 Å². The molecule has 3 aromatic rings.